The molecular formula is C24H43NO3S2Si. The lowest BCUT2D eigenvalue weighted by Gasteiger charge is -2.39. The predicted molar refractivity (Wildman–Crippen MR) is 139 cm³/mol. The first-order valence-corrected chi connectivity index (χ1v) is 16.4. The van der Waals surface area contributed by atoms with Gasteiger partial charge >= 0.3 is 6.09 Å². The first-order valence-electron chi connectivity index (χ1n) is 11.5. The van der Waals surface area contributed by atoms with Gasteiger partial charge in [-0.05, 0) is 87.6 Å². The summed E-state index contributed by atoms with van der Waals surface area (Å²) < 4.78 is 13.7. The van der Waals surface area contributed by atoms with Crippen molar-refractivity contribution in [2.45, 2.75) is 103 Å². The summed E-state index contributed by atoms with van der Waals surface area (Å²) in [7, 11) is -1.90. The smallest absolute Gasteiger partial charge is 0.407 e. The molecule has 2 aliphatic rings. The van der Waals surface area contributed by atoms with E-state index in [1.807, 2.05) is 50.4 Å². The van der Waals surface area contributed by atoms with Crippen LogP contribution in [-0.2, 0) is 9.16 Å². The van der Waals surface area contributed by atoms with Crippen molar-refractivity contribution >= 4 is 37.9 Å². The molecular weight excluding hydrogens is 442 g/mol. The van der Waals surface area contributed by atoms with Gasteiger partial charge in [0, 0.05) is 10.3 Å². The van der Waals surface area contributed by atoms with Crippen LogP contribution >= 0.6 is 23.5 Å². The standard InChI is InChI=1S/C24H43NO3S2Si/c1-10-19(28-31(8,9)24(5,6)7)15-17-14-18(21-29-12-11-13-30-21)16-20(17)25-22(26)27-23(2,3)4/h10,17,19-20H,1,11-16H2,2-9H3,(H,25,26)/t17-,19?,20+/m0/s1. The Morgan fingerprint density at radius 3 is 2.32 bits per heavy atom. The number of carbonyl (C=O) groups excluding carboxylic acids is 1. The number of hydrogen-bond donors (Lipinski definition) is 1. The molecule has 2 fully saturated rings. The van der Waals surface area contributed by atoms with Crippen molar-refractivity contribution in [2.75, 3.05) is 11.5 Å². The Bertz CT molecular complexity index is 671. The van der Waals surface area contributed by atoms with E-state index in [0.717, 1.165) is 19.3 Å². The minimum Gasteiger partial charge on any atom is -0.444 e. The van der Waals surface area contributed by atoms with Gasteiger partial charge in [0.05, 0.1) is 6.10 Å². The lowest BCUT2D eigenvalue weighted by atomic mass is 9.96. The third kappa shape index (κ3) is 8.16. The molecule has 1 N–H and O–H groups in total. The quantitative estimate of drug-likeness (QED) is 0.315. The number of nitrogens with one attached hydrogen (secondary N) is 1. The number of ether oxygens (including phenoxy) is 1. The van der Waals surface area contributed by atoms with Crippen LogP contribution in [0.25, 0.3) is 0 Å². The Hall–Kier alpha value is -0.373. The van der Waals surface area contributed by atoms with Gasteiger partial charge in [0.2, 0.25) is 0 Å². The van der Waals surface area contributed by atoms with E-state index in [1.165, 1.54) is 27.7 Å². The first-order chi connectivity index (χ1) is 14.2. The molecule has 0 spiro atoms. The lowest BCUT2D eigenvalue weighted by Crippen LogP contribution is -2.45. The molecule has 0 bridgehead atoms. The minimum absolute atomic E-state index is 0.00448. The summed E-state index contributed by atoms with van der Waals surface area (Å²) in [6, 6.07) is 0.0749. The molecule has 2 rings (SSSR count). The summed E-state index contributed by atoms with van der Waals surface area (Å²) in [4.78, 5) is 12.6. The minimum atomic E-state index is -1.90. The third-order valence-corrected chi connectivity index (χ3v) is 13.6. The fourth-order valence-corrected chi connectivity index (χ4v) is 7.71. The molecule has 3 atom stereocenters. The largest absolute Gasteiger partial charge is 0.444 e. The fourth-order valence-electron chi connectivity index (χ4n) is 3.70. The SMILES string of the molecule is C=CC(C[C@@H]1CC(=C2SCCCS2)C[C@H]1NC(=O)OC(C)(C)C)O[Si](C)(C)C(C)(C)C. The van der Waals surface area contributed by atoms with Crippen LogP contribution in [0, 0.1) is 5.92 Å². The maximum absolute atomic E-state index is 12.6. The fraction of sp³-hybridized carbons (Fsp3) is 0.792. The highest BCUT2D eigenvalue weighted by Gasteiger charge is 2.41. The van der Waals surface area contributed by atoms with E-state index in [4.69, 9.17) is 9.16 Å². The van der Waals surface area contributed by atoms with Crippen molar-refractivity contribution in [3.63, 3.8) is 0 Å². The number of carbonyl (C=O) groups is 1. The maximum atomic E-state index is 12.6. The molecule has 1 heterocycles. The van der Waals surface area contributed by atoms with E-state index >= 15 is 0 Å². The molecule has 1 saturated heterocycles. The van der Waals surface area contributed by atoms with E-state index in [1.54, 1.807) is 0 Å². The maximum Gasteiger partial charge on any atom is 0.407 e. The zero-order chi connectivity index (χ0) is 23.4. The Kier molecular flexibility index (Phi) is 9.28. The van der Waals surface area contributed by atoms with Gasteiger partial charge < -0.3 is 14.5 Å². The molecule has 1 aliphatic heterocycles. The first kappa shape index (κ1) is 26.9. The van der Waals surface area contributed by atoms with Gasteiger partial charge in [0.25, 0.3) is 0 Å². The van der Waals surface area contributed by atoms with Gasteiger partial charge in [-0.15, -0.1) is 30.1 Å². The second-order valence-electron chi connectivity index (χ2n) is 11.3. The molecule has 0 radical (unpaired) electrons. The van der Waals surface area contributed by atoms with Gasteiger partial charge in [-0.3, -0.25) is 0 Å². The van der Waals surface area contributed by atoms with Gasteiger partial charge in [-0.25, -0.2) is 4.79 Å². The number of rotatable bonds is 6. The molecule has 4 nitrogen and oxygen atoms in total. The topological polar surface area (TPSA) is 47.6 Å². The average molecular weight is 486 g/mol. The zero-order valence-corrected chi connectivity index (χ0v) is 23.4. The average Bonchev–Trinajstić information content (AvgIpc) is 3.01. The van der Waals surface area contributed by atoms with Crippen molar-refractivity contribution in [2.24, 2.45) is 5.92 Å². The molecule has 31 heavy (non-hydrogen) atoms. The second kappa shape index (κ2) is 10.7. The Morgan fingerprint density at radius 2 is 1.81 bits per heavy atom. The molecule has 0 aromatic rings. The molecule has 0 aromatic carbocycles. The van der Waals surface area contributed by atoms with E-state index in [-0.39, 0.29) is 23.3 Å². The van der Waals surface area contributed by atoms with E-state index < -0.39 is 13.9 Å². The van der Waals surface area contributed by atoms with E-state index in [2.05, 4.69) is 45.8 Å². The number of amides is 1. The summed E-state index contributed by atoms with van der Waals surface area (Å²) >= 11 is 3.97. The summed E-state index contributed by atoms with van der Waals surface area (Å²) in [5.41, 5.74) is 1.000. The van der Waals surface area contributed by atoms with Crippen molar-refractivity contribution in [1.82, 2.24) is 5.32 Å². The number of alkyl carbamates (subject to hydrolysis) is 1. The number of thioether (sulfide) groups is 2. The Balaban J connectivity index is 2.16. The van der Waals surface area contributed by atoms with Gasteiger partial charge in [0.15, 0.2) is 8.32 Å². The van der Waals surface area contributed by atoms with E-state index in [0.29, 0.717) is 5.92 Å². The molecule has 7 heteroatoms. The lowest BCUT2D eigenvalue weighted by molar-refractivity contribution is 0.0485. The van der Waals surface area contributed by atoms with Crippen LogP contribution in [0.1, 0.15) is 67.2 Å². The molecule has 1 unspecified atom stereocenters. The van der Waals surface area contributed by atoms with Crippen molar-refractivity contribution < 1.29 is 14.0 Å². The van der Waals surface area contributed by atoms with Crippen LogP contribution in [-0.4, -0.2) is 43.7 Å². The monoisotopic (exact) mass is 485 g/mol. The zero-order valence-electron chi connectivity index (χ0n) is 20.8. The molecule has 0 aromatic heterocycles. The van der Waals surface area contributed by atoms with Gasteiger partial charge in [0.1, 0.15) is 5.60 Å². The predicted octanol–water partition coefficient (Wildman–Crippen LogP) is 7.34. The Labute approximate surface area is 199 Å². The summed E-state index contributed by atoms with van der Waals surface area (Å²) in [6.07, 6.45) is 5.71. The highest BCUT2D eigenvalue weighted by atomic mass is 32.2. The number of hydrogen-bond acceptors (Lipinski definition) is 5. The van der Waals surface area contributed by atoms with Crippen LogP contribution in [0.3, 0.4) is 0 Å². The van der Waals surface area contributed by atoms with Crippen LogP contribution < -0.4 is 5.32 Å². The molecule has 1 aliphatic carbocycles. The van der Waals surface area contributed by atoms with E-state index in [9.17, 15) is 4.79 Å². The highest BCUT2D eigenvalue weighted by molar-refractivity contribution is 8.22. The van der Waals surface area contributed by atoms with Crippen LogP contribution in [0.15, 0.2) is 22.5 Å². The molecule has 178 valence electrons. The molecule has 1 saturated carbocycles. The third-order valence-electron chi connectivity index (χ3n) is 6.34. The van der Waals surface area contributed by atoms with Crippen LogP contribution in [0.5, 0.6) is 0 Å². The Morgan fingerprint density at radius 1 is 1.19 bits per heavy atom. The second-order valence-corrected chi connectivity index (χ2v) is 18.5. The van der Waals surface area contributed by atoms with Crippen molar-refractivity contribution in [3.8, 4) is 0 Å². The van der Waals surface area contributed by atoms with Crippen molar-refractivity contribution in [3.05, 3.63) is 22.5 Å². The summed E-state index contributed by atoms with van der Waals surface area (Å²) in [5.74, 6) is 2.72. The normalized spacial score (nSPS) is 24.1. The van der Waals surface area contributed by atoms with Crippen LogP contribution in [0.4, 0.5) is 4.79 Å². The highest BCUT2D eigenvalue weighted by Crippen LogP contribution is 2.46. The van der Waals surface area contributed by atoms with Crippen molar-refractivity contribution in [1.29, 1.82) is 0 Å². The summed E-state index contributed by atoms with van der Waals surface area (Å²) in [5, 5.41) is 3.34. The van der Waals surface area contributed by atoms with Gasteiger partial charge in [-0.2, -0.15) is 0 Å². The van der Waals surface area contributed by atoms with Gasteiger partial charge in [-0.1, -0.05) is 26.8 Å². The van der Waals surface area contributed by atoms with Crippen LogP contribution in [0.2, 0.25) is 18.1 Å². The molecule has 1 amide bonds. The summed E-state index contributed by atoms with van der Waals surface area (Å²) in [6.45, 7) is 21.2.